The highest BCUT2D eigenvalue weighted by Gasteiger charge is 2.20. The SMILES string of the molecule is CC(=O)c1cncc(C(O)C(O)CCNC(=O)OC(C)(C)C)c1. The van der Waals surface area contributed by atoms with Crippen molar-refractivity contribution in [2.75, 3.05) is 6.54 Å². The number of pyridine rings is 1. The van der Waals surface area contributed by atoms with Gasteiger partial charge in [0, 0.05) is 30.1 Å². The Morgan fingerprint density at radius 1 is 1.30 bits per heavy atom. The monoisotopic (exact) mass is 324 g/mol. The average molecular weight is 324 g/mol. The van der Waals surface area contributed by atoms with Gasteiger partial charge in [0.25, 0.3) is 0 Å². The number of aliphatic hydroxyl groups excluding tert-OH is 2. The zero-order chi connectivity index (χ0) is 17.6. The fourth-order valence-corrected chi connectivity index (χ4v) is 1.83. The Balaban J connectivity index is 2.51. The molecule has 0 aliphatic heterocycles. The number of nitrogens with one attached hydrogen (secondary N) is 1. The van der Waals surface area contributed by atoms with Gasteiger partial charge < -0.3 is 20.3 Å². The van der Waals surface area contributed by atoms with Crippen molar-refractivity contribution < 1.29 is 24.5 Å². The van der Waals surface area contributed by atoms with Crippen molar-refractivity contribution in [3.63, 3.8) is 0 Å². The van der Waals surface area contributed by atoms with Crippen LogP contribution in [0.3, 0.4) is 0 Å². The van der Waals surface area contributed by atoms with Gasteiger partial charge in [-0.3, -0.25) is 9.78 Å². The number of amides is 1. The molecule has 0 fully saturated rings. The van der Waals surface area contributed by atoms with Crippen LogP contribution in [-0.4, -0.2) is 45.3 Å². The van der Waals surface area contributed by atoms with E-state index in [4.69, 9.17) is 4.74 Å². The summed E-state index contributed by atoms with van der Waals surface area (Å²) >= 11 is 0. The first-order valence-corrected chi connectivity index (χ1v) is 7.39. The van der Waals surface area contributed by atoms with Crippen molar-refractivity contribution in [2.24, 2.45) is 0 Å². The summed E-state index contributed by atoms with van der Waals surface area (Å²) in [5, 5.41) is 22.6. The predicted molar refractivity (Wildman–Crippen MR) is 84.1 cm³/mol. The summed E-state index contributed by atoms with van der Waals surface area (Å²) in [4.78, 5) is 26.7. The van der Waals surface area contributed by atoms with Gasteiger partial charge in [0.1, 0.15) is 11.7 Å². The third-order valence-electron chi connectivity index (χ3n) is 2.98. The number of ether oxygens (including phenoxy) is 1. The van der Waals surface area contributed by atoms with E-state index in [-0.39, 0.29) is 18.7 Å². The molecule has 0 aliphatic carbocycles. The lowest BCUT2D eigenvalue weighted by molar-refractivity contribution is 0.0121. The van der Waals surface area contributed by atoms with Crippen LogP contribution in [0.5, 0.6) is 0 Å². The molecule has 1 amide bonds. The highest BCUT2D eigenvalue weighted by atomic mass is 16.6. The lowest BCUT2D eigenvalue weighted by atomic mass is 10.0. The van der Waals surface area contributed by atoms with Crippen molar-refractivity contribution >= 4 is 11.9 Å². The number of nitrogens with zero attached hydrogens (tertiary/aromatic N) is 1. The number of carbonyl (C=O) groups is 2. The number of Topliss-reactive ketones (excluding diaryl/α,β-unsaturated/α-hetero) is 1. The van der Waals surface area contributed by atoms with Gasteiger partial charge in [-0.2, -0.15) is 0 Å². The summed E-state index contributed by atoms with van der Waals surface area (Å²) in [6, 6.07) is 1.49. The third-order valence-corrected chi connectivity index (χ3v) is 2.98. The van der Waals surface area contributed by atoms with Gasteiger partial charge in [-0.15, -0.1) is 0 Å². The third kappa shape index (κ3) is 6.75. The topological polar surface area (TPSA) is 109 Å². The summed E-state index contributed by atoms with van der Waals surface area (Å²) in [5.41, 5.74) is 0.115. The van der Waals surface area contributed by atoms with Crippen molar-refractivity contribution in [1.82, 2.24) is 10.3 Å². The van der Waals surface area contributed by atoms with Crippen molar-refractivity contribution in [3.8, 4) is 0 Å². The Kier molecular flexibility index (Phi) is 6.65. The highest BCUT2D eigenvalue weighted by molar-refractivity contribution is 5.93. The molecular weight excluding hydrogens is 300 g/mol. The van der Waals surface area contributed by atoms with Crippen LogP contribution in [0.4, 0.5) is 4.79 Å². The van der Waals surface area contributed by atoms with Gasteiger partial charge >= 0.3 is 6.09 Å². The fraction of sp³-hybridized carbons (Fsp3) is 0.562. The molecule has 0 aromatic carbocycles. The van der Waals surface area contributed by atoms with E-state index in [9.17, 15) is 19.8 Å². The van der Waals surface area contributed by atoms with Crippen LogP contribution in [0.25, 0.3) is 0 Å². The molecule has 128 valence electrons. The summed E-state index contributed by atoms with van der Waals surface area (Å²) in [6.45, 7) is 6.79. The molecule has 2 atom stereocenters. The van der Waals surface area contributed by atoms with Gasteiger partial charge in [-0.1, -0.05) is 0 Å². The van der Waals surface area contributed by atoms with Crippen LogP contribution in [0.2, 0.25) is 0 Å². The van der Waals surface area contributed by atoms with Crippen LogP contribution in [0, 0.1) is 0 Å². The fourth-order valence-electron chi connectivity index (χ4n) is 1.83. The highest BCUT2D eigenvalue weighted by Crippen LogP contribution is 2.19. The normalized spacial score (nSPS) is 14.0. The number of aliphatic hydroxyl groups is 2. The number of hydrogen-bond acceptors (Lipinski definition) is 6. The van der Waals surface area contributed by atoms with Gasteiger partial charge in [0.05, 0.1) is 6.10 Å². The van der Waals surface area contributed by atoms with Gasteiger partial charge in [0.15, 0.2) is 5.78 Å². The maximum absolute atomic E-state index is 11.5. The quantitative estimate of drug-likeness (QED) is 0.686. The molecule has 2 unspecified atom stereocenters. The lowest BCUT2D eigenvalue weighted by Gasteiger charge is -2.21. The first-order chi connectivity index (χ1) is 10.6. The lowest BCUT2D eigenvalue weighted by Crippen LogP contribution is -2.34. The number of rotatable bonds is 6. The van der Waals surface area contributed by atoms with E-state index in [0.717, 1.165) is 0 Å². The van der Waals surface area contributed by atoms with E-state index in [1.807, 2.05) is 0 Å². The molecule has 23 heavy (non-hydrogen) atoms. The largest absolute Gasteiger partial charge is 0.444 e. The minimum atomic E-state index is -1.19. The van der Waals surface area contributed by atoms with Crippen LogP contribution in [0.15, 0.2) is 18.5 Å². The minimum absolute atomic E-state index is 0.130. The Hall–Kier alpha value is -1.99. The van der Waals surface area contributed by atoms with Gasteiger partial charge in [0.2, 0.25) is 0 Å². The van der Waals surface area contributed by atoms with E-state index in [1.54, 1.807) is 20.8 Å². The van der Waals surface area contributed by atoms with Gasteiger partial charge in [-0.25, -0.2) is 4.79 Å². The van der Waals surface area contributed by atoms with Crippen LogP contribution < -0.4 is 5.32 Å². The molecule has 1 rings (SSSR count). The Labute approximate surface area is 135 Å². The second-order valence-corrected chi connectivity index (χ2v) is 6.29. The van der Waals surface area contributed by atoms with E-state index < -0.39 is 23.9 Å². The molecular formula is C16H24N2O5. The molecule has 7 nitrogen and oxygen atoms in total. The number of hydrogen-bond donors (Lipinski definition) is 3. The van der Waals surface area contributed by atoms with E-state index in [1.165, 1.54) is 25.4 Å². The molecule has 0 saturated heterocycles. The van der Waals surface area contributed by atoms with E-state index in [0.29, 0.717) is 11.1 Å². The standard InChI is InChI=1S/C16H24N2O5/c1-10(19)11-7-12(9-17-8-11)14(21)13(20)5-6-18-15(22)23-16(2,3)4/h7-9,13-14,20-21H,5-6H2,1-4H3,(H,18,22). The summed E-state index contributed by atoms with van der Waals surface area (Å²) in [5.74, 6) is -0.173. The molecule has 0 spiro atoms. The smallest absolute Gasteiger partial charge is 0.407 e. The average Bonchev–Trinajstić information content (AvgIpc) is 2.44. The minimum Gasteiger partial charge on any atom is -0.444 e. The number of aromatic nitrogens is 1. The number of carbonyl (C=O) groups excluding carboxylic acids is 2. The van der Waals surface area contributed by atoms with Crippen LogP contribution in [0.1, 0.15) is 56.1 Å². The molecule has 0 bridgehead atoms. The van der Waals surface area contributed by atoms with Crippen molar-refractivity contribution in [1.29, 1.82) is 0 Å². The first-order valence-electron chi connectivity index (χ1n) is 7.39. The Morgan fingerprint density at radius 2 is 1.96 bits per heavy atom. The maximum Gasteiger partial charge on any atom is 0.407 e. The van der Waals surface area contributed by atoms with Crippen molar-refractivity contribution in [2.45, 2.75) is 51.9 Å². The number of alkyl carbamates (subject to hydrolysis) is 1. The molecule has 1 aromatic rings. The van der Waals surface area contributed by atoms with Crippen LogP contribution in [-0.2, 0) is 4.74 Å². The van der Waals surface area contributed by atoms with Crippen LogP contribution >= 0.6 is 0 Å². The second-order valence-electron chi connectivity index (χ2n) is 6.29. The zero-order valence-electron chi connectivity index (χ0n) is 13.9. The molecule has 3 N–H and O–H groups in total. The first kappa shape index (κ1) is 19.1. The Bertz CT molecular complexity index is 554. The summed E-state index contributed by atoms with van der Waals surface area (Å²) in [6.07, 6.45) is 0.0389. The van der Waals surface area contributed by atoms with Crippen molar-refractivity contribution in [3.05, 3.63) is 29.6 Å². The molecule has 1 aromatic heterocycles. The predicted octanol–water partition coefficient (Wildman–Crippen LogP) is 1.59. The molecule has 1 heterocycles. The summed E-state index contributed by atoms with van der Waals surface area (Å²) < 4.78 is 5.07. The molecule has 0 aliphatic rings. The Morgan fingerprint density at radius 3 is 2.52 bits per heavy atom. The maximum atomic E-state index is 11.5. The molecule has 0 radical (unpaired) electrons. The molecule has 0 saturated carbocycles. The summed E-state index contributed by atoms with van der Waals surface area (Å²) in [7, 11) is 0. The number of ketones is 1. The molecule has 7 heteroatoms. The van der Waals surface area contributed by atoms with Gasteiger partial charge in [-0.05, 0) is 40.2 Å². The van der Waals surface area contributed by atoms with E-state index >= 15 is 0 Å². The second kappa shape index (κ2) is 8.03. The zero-order valence-corrected chi connectivity index (χ0v) is 13.9. The van der Waals surface area contributed by atoms with E-state index in [2.05, 4.69) is 10.3 Å².